The van der Waals surface area contributed by atoms with Gasteiger partial charge in [-0.25, -0.2) is 9.97 Å². The second kappa shape index (κ2) is 6.14. The first-order valence-corrected chi connectivity index (χ1v) is 6.24. The van der Waals surface area contributed by atoms with Crippen molar-refractivity contribution in [1.29, 1.82) is 0 Å². The van der Waals surface area contributed by atoms with E-state index in [1.54, 1.807) is 30.6 Å². The Hall–Kier alpha value is -1.91. The van der Waals surface area contributed by atoms with Crippen LogP contribution in [0.2, 0.25) is 0 Å². The van der Waals surface area contributed by atoms with Gasteiger partial charge in [0.25, 0.3) is 0 Å². The van der Waals surface area contributed by atoms with Gasteiger partial charge in [-0.05, 0) is 31.9 Å². The van der Waals surface area contributed by atoms with Gasteiger partial charge in [0.1, 0.15) is 0 Å². The SMILES string of the molecule is CC=CC(=O)NC1CCCN(c2ncccn2)C1. The summed E-state index contributed by atoms with van der Waals surface area (Å²) in [6.45, 7) is 3.55. The van der Waals surface area contributed by atoms with Gasteiger partial charge in [0.05, 0.1) is 0 Å². The molecule has 1 aromatic heterocycles. The zero-order valence-electron chi connectivity index (χ0n) is 10.5. The molecule has 5 heteroatoms. The van der Waals surface area contributed by atoms with Crippen molar-refractivity contribution in [3.05, 3.63) is 30.6 Å². The molecule has 1 atom stereocenters. The number of hydrogen-bond donors (Lipinski definition) is 1. The van der Waals surface area contributed by atoms with E-state index in [0.717, 1.165) is 31.9 Å². The van der Waals surface area contributed by atoms with Gasteiger partial charge in [-0.2, -0.15) is 0 Å². The van der Waals surface area contributed by atoms with E-state index in [1.807, 2.05) is 6.92 Å². The number of hydrogen-bond acceptors (Lipinski definition) is 4. The highest BCUT2D eigenvalue weighted by Crippen LogP contribution is 2.15. The molecule has 96 valence electrons. The first-order valence-electron chi connectivity index (χ1n) is 6.24. The molecule has 1 aliphatic rings. The number of rotatable bonds is 3. The van der Waals surface area contributed by atoms with Crippen LogP contribution in [0.5, 0.6) is 0 Å². The molecule has 1 aromatic rings. The summed E-state index contributed by atoms with van der Waals surface area (Å²) in [5, 5.41) is 3.00. The Labute approximate surface area is 107 Å². The summed E-state index contributed by atoms with van der Waals surface area (Å²) in [5.41, 5.74) is 0. The van der Waals surface area contributed by atoms with Gasteiger partial charge in [0.15, 0.2) is 0 Å². The average molecular weight is 246 g/mol. The minimum absolute atomic E-state index is 0.0293. The lowest BCUT2D eigenvalue weighted by Gasteiger charge is -2.32. The normalized spacial score (nSPS) is 20.1. The predicted molar refractivity (Wildman–Crippen MR) is 70.2 cm³/mol. The van der Waals surface area contributed by atoms with E-state index < -0.39 is 0 Å². The van der Waals surface area contributed by atoms with Crippen LogP contribution in [0.1, 0.15) is 19.8 Å². The number of anilines is 1. The molecule has 1 fully saturated rings. The smallest absolute Gasteiger partial charge is 0.243 e. The first-order chi connectivity index (χ1) is 8.79. The largest absolute Gasteiger partial charge is 0.348 e. The number of piperidine rings is 1. The number of amides is 1. The first kappa shape index (κ1) is 12.5. The summed E-state index contributed by atoms with van der Waals surface area (Å²) in [6.07, 6.45) is 8.83. The number of allylic oxidation sites excluding steroid dienone is 1. The molecule has 1 aliphatic heterocycles. The lowest BCUT2D eigenvalue weighted by molar-refractivity contribution is -0.117. The molecule has 5 nitrogen and oxygen atoms in total. The van der Waals surface area contributed by atoms with E-state index in [0.29, 0.717) is 0 Å². The third-order valence-corrected chi connectivity index (χ3v) is 2.92. The Bertz CT molecular complexity index is 418. The average Bonchev–Trinajstić information content (AvgIpc) is 2.40. The van der Waals surface area contributed by atoms with Gasteiger partial charge in [-0.3, -0.25) is 4.79 Å². The number of aromatic nitrogens is 2. The third-order valence-electron chi connectivity index (χ3n) is 2.92. The summed E-state index contributed by atoms with van der Waals surface area (Å²) in [6, 6.07) is 1.98. The fourth-order valence-electron chi connectivity index (χ4n) is 2.13. The maximum Gasteiger partial charge on any atom is 0.243 e. The van der Waals surface area contributed by atoms with Crippen LogP contribution in [0.3, 0.4) is 0 Å². The number of carbonyl (C=O) groups excluding carboxylic acids is 1. The molecule has 1 N–H and O–H groups in total. The van der Waals surface area contributed by atoms with Crippen molar-refractivity contribution in [2.24, 2.45) is 0 Å². The van der Waals surface area contributed by atoms with Crippen LogP contribution >= 0.6 is 0 Å². The lowest BCUT2D eigenvalue weighted by Crippen LogP contribution is -2.47. The van der Waals surface area contributed by atoms with Crippen molar-refractivity contribution < 1.29 is 4.79 Å². The zero-order valence-corrected chi connectivity index (χ0v) is 10.5. The lowest BCUT2D eigenvalue weighted by atomic mass is 10.1. The highest BCUT2D eigenvalue weighted by molar-refractivity contribution is 5.87. The van der Waals surface area contributed by atoms with Gasteiger partial charge in [-0.15, -0.1) is 0 Å². The van der Waals surface area contributed by atoms with Gasteiger partial charge >= 0.3 is 0 Å². The van der Waals surface area contributed by atoms with Crippen molar-refractivity contribution in [2.45, 2.75) is 25.8 Å². The van der Waals surface area contributed by atoms with Gasteiger partial charge in [0, 0.05) is 31.5 Å². The van der Waals surface area contributed by atoms with Crippen LogP contribution in [0.15, 0.2) is 30.6 Å². The van der Waals surface area contributed by atoms with Crippen molar-refractivity contribution in [3.63, 3.8) is 0 Å². The molecule has 1 saturated heterocycles. The molecule has 0 radical (unpaired) electrons. The molecule has 2 rings (SSSR count). The van der Waals surface area contributed by atoms with Crippen molar-refractivity contribution in [2.75, 3.05) is 18.0 Å². The van der Waals surface area contributed by atoms with Crippen LogP contribution in [0, 0.1) is 0 Å². The standard InChI is InChI=1S/C13H18N4O/c1-2-5-12(18)16-11-6-3-9-17(10-11)13-14-7-4-8-15-13/h2,4-5,7-8,11H,3,6,9-10H2,1H3,(H,16,18). The molecule has 0 aromatic carbocycles. The highest BCUT2D eigenvalue weighted by Gasteiger charge is 2.22. The Balaban J connectivity index is 1.95. The van der Waals surface area contributed by atoms with E-state index in [2.05, 4.69) is 20.2 Å². The summed E-state index contributed by atoms with van der Waals surface area (Å²) in [4.78, 5) is 22.1. The predicted octanol–water partition coefficient (Wildman–Crippen LogP) is 1.14. The van der Waals surface area contributed by atoms with Gasteiger partial charge in [0.2, 0.25) is 11.9 Å². The van der Waals surface area contributed by atoms with Crippen LogP contribution in [0.25, 0.3) is 0 Å². The van der Waals surface area contributed by atoms with Crippen LogP contribution in [-0.2, 0) is 4.79 Å². The molecular weight excluding hydrogens is 228 g/mol. The van der Waals surface area contributed by atoms with Crippen LogP contribution < -0.4 is 10.2 Å². The summed E-state index contributed by atoms with van der Waals surface area (Å²) in [7, 11) is 0. The maximum absolute atomic E-state index is 11.5. The summed E-state index contributed by atoms with van der Waals surface area (Å²) < 4.78 is 0. The molecule has 18 heavy (non-hydrogen) atoms. The third kappa shape index (κ3) is 3.29. The molecular formula is C13H18N4O. The Kier molecular flexibility index (Phi) is 4.28. The van der Waals surface area contributed by atoms with E-state index in [4.69, 9.17) is 0 Å². The molecule has 0 bridgehead atoms. The second-order valence-electron chi connectivity index (χ2n) is 4.34. The van der Waals surface area contributed by atoms with Crippen LogP contribution in [0.4, 0.5) is 5.95 Å². The number of carbonyl (C=O) groups is 1. The topological polar surface area (TPSA) is 58.1 Å². The zero-order chi connectivity index (χ0) is 12.8. The van der Waals surface area contributed by atoms with Crippen LogP contribution in [-0.4, -0.2) is 35.0 Å². The monoisotopic (exact) mass is 246 g/mol. The van der Waals surface area contributed by atoms with Crippen molar-refractivity contribution in [3.8, 4) is 0 Å². The van der Waals surface area contributed by atoms with Crippen molar-refractivity contribution in [1.82, 2.24) is 15.3 Å². The Morgan fingerprint density at radius 2 is 2.28 bits per heavy atom. The van der Waals surface area contributed by atoms with E-state index in [1.165, 1.54) is 0 Å². The highest BCUT2D eigenvalue weighted by atomic mass is 16.1. The summed E-state index contributed by atoms with van der Waals surface area (Å²) >= 11 is 0. The maximum atomic E-state index is 11.5. The molecule has 1 unspecified atom stereocenters. The molecule has 2 heterocycles. The van der Waals surface area contributed by atoms with Gasteiger partial charge < -0.3 is 10.2 Å². The number of nitrogens with zero attached hydrogens (tertiary/aromatic N) is 3. The molecule has 0 spiro atoms. The quantitative estimate of drug-likeness (QED) is 0.812. The van der Waals surface area contributed by atoms with E-state index >= 15 is 0 Å². The minimum atomic E-state index is -0.0293. The fraction of sp³-hybridized carbons (Fsp3) is 0.462. The summed E-state index contributed by atoms with van der Waals surface area (Å²) in [5.74, 6) is 0.709. The van der Waals surface area contributed by atoms with Gasteiger partial charge in [-0.1, -0.05) is 6.08 Å². The molecule has 0 aliphatic carbocycles. The second-order valence-corrected chi connectivity index (χ2v) is 4.34. The minimum Gasteiger partial charge on any atom is -0.348 e. The molecule has 1 amide bonds. The Morgan fingerprint density at radius 3 is 3.00 bits per heavy atom. The molecule has 0 saturated carbocycles. The van der Waals surface area contributed by atoms with E-state index in [9.17, 15) is 4.79 Å². The Morgan fingerprint density at radius 1 is 1.50 bits per heavy atom. The van der Waals surface area contributed by atoms with E-state index in [-0.39, 0.29) is 11.9 Å². The fourth-order valence-corrected chi connectivity index (χ4v) is 2.13. The van der Waals surface area contributed by atoms with Crippen molar-refractivity contribution >= 4 is 11.9 Å². The number of nitrogens with one attached hydrogen (secondary N) is 1.